The number of fused-ring (bicyclic) bond motifs is 1. The van der Waals surface area contributed by atoms with Gasteiger partial charge in [-0.05, 0) is 38.0 Å². The van der Waals surface area contributed by atoms with E-state index in [1.807, 2.05) is 60.2 Å². The standard InChI is InChI=1S/C26H25N5O3/c1-17-7-9-19(10-8-17)23-21(24(32)22-18(2)28-20-6-3-4-13-30(20)22)25(33)26(34)31(23)14-5-12-29-15-11-27-16-29/h3-4,6-11,13,15-16,23,32H,5,12,14H2,1-2H3/b24-21+. The van der Waals surface area contributed by atoms with Crippen molar-refractivity contribution in [2.75, 3.05) is 6.54 Å². The zero-order valence-electron chi connectivity index (χ0n) is 19.0. The first-order chi connectivity index (χ1) is 16.5. The Morgan fingerprint density at radius 3 is 2.56 bits per heavy atom. The monoisotopic (exact) mass is 455 g/mol. The number of carbonyl (C=O) groups excluding carboxylic acids is 2. The fraction of sp³-hybridized carbons (Fsp3) is 0.231. The number of aryl methyl sites for hydroxylation is 3. The minimum absolute atomic E-state index is 0.0882. The molecule has 5 rings (SSSR count). The lowest BCUT2D eigenvalue weighted by molar-refractivity contribution is -0.139. The number of nitrogens with zero attached hydrogens (tertiary/aromatic N) is 5. The third kappa shape index (κ3) is 3.67. The van der Waals surface area contributed by atoms with Gasteiger partial charge in [0, 0.05) is 31.7 Å². The molecule has 172 valence electrons. The summed E-state index contributed by atoms with van der Waals surface area (Å²) in [4.78, 5) is 36.6. The van der Waals surface area contributed by atoms with E-state index >= 15 is 0 Å². The molecule has 1 aliphatic rings. The third-order valence-electron chi connectivity index (χ3n) is 6.24. The van der Waals surface area contributed by atoms with Crippen molar-refractivity contribution in [1.82, 2.24) is 23.8 Å². The van der Waals surface area contributed by atoms with Crippen LogP contribution in [-0.2, 0) is 16.1 Å². The van der Waals surface area contributed by atoms with E-state index in [0.717, 1.165) is 11.1 Å². The lowest BCUT2D eigenvalue weighted by Crippen LogP contribution is -2.31. The summed E-state index contributed by atoms with van der Waals surface area (Å²) in [6.45, 7) is 4.79. The number of pyridine rings is 1. The second-order valence-corrected chi connectivity index (χ2v) is 8.53. The van der Waals surface area contributed by atoms with Crippen molar-refractivity contribution in [3.63, 3.8) is 0 Å². The summed E-state index contributed by atoms with van der Waals surface area (Å²) in [5.41, 5.74) is 3.59. The summed E-state index contributed by atoms with van der Waals surface area (Å²) in [6, 6.07) is 12.5. The van der Waals surface area contributed by atoms with Crippen LogP contribution in [0.3, 0.4) is 0 Å². The topological polar surface area (TPSA) is 92.7 Å². The lowest BCUT2D eigenvalue weighted by atomic mass is 9.95. The van der Waals surface area contributed by atoms with Gasteiger partial charge in [0.25, 0.3) is 11.7 Å². The van der Waals surface area contributed by atoms with Crippen LogP contribution in [0.15, 0.2) is 73.0 Å². The number of aromatic nitrogens is 4. The van der Waals surface area contributed by atoms with E-state index in [4.69, 9.17) is 0 Å². The first kappa shape index (κ1) is 21.6. The SMILES string of the molecule is Cc1ccc(C2/C(=C(\O)c3c(C)nc4ccccn34)C(=O)C(=O)N2CCCn2ccnc2)cc1. The highest BCUT2D eigenvalue weighted by molar-refractivity contribution is 6.46. The molecule has 3 aromatic heterocycles. The summed E-state index contributed by atoms with van der Waals surface area (Å²) in [5.74, 6) is -1.50. The van der Waals surface area contributed by atoms with E-state index in [1.165, 1.54) is 0 Å². The van der Waals surface area contributed by atoms with Gasteiger partial charge in [0.2, 0.25) is 0 Å². The zero-order chi connectivity index (χ0) is 23.8. The molecule has 1 fully saturated rings. The van der Waals surface area contributed by atoms with Crippen LogP contribution >= 0.6 is 0 Å². The van der Waals surface area contributed by atoms with Crippen LogP contribution in [0.4, 0.5) is 0 Å². The predicted octanol–water partition coefficient (Wildman–Crippen LogP) is 3.66. The van der Waals surface area contributed by atoms with Gasteiger partial charge in [-0.3, -0.25) is 14.0 Å². The first-order valence-electron chi connectivity index (χ1n) is 11.2. The zero-order valence-corrected chi connectivity index (χ0v) is 19.0. The van der Waals surface area contributed by atoms with Crippen molar-refractivity contribution >= 4 is 23.1 Å². The smallest absolute Gasteiger partial charge is 0.295 e. The maximum atomic E-state index is 13.3. The minimum Gasteiger partial charge on any atom is -0.505 e. The number of likely N-dealkylation sites (tertiary alicyclic amines) is 1. The van der Waals surface area contributed by atoms with Crippen LogP contribution in [-0.4, -0.2) is 47.2 Å². The minimum atomic E-state index is -0.684. The Hall–Kier alpha value is -4.20. The molecule has 0 bridgehead atoms. The number of carbonyl (C=O) groups is 2. The molecule has 1 aromatic carbocycles. The molecule has 4 heterocycles. The van der Waals surface area contributed by atoms with Gasteiger partial charge in [0.1, 0.15) is 11.3 Å². The second kappa shape index (κ2) is 8.62. The van der Waals surface area contributed by atoms with Crippen LogP contribution in [0.1, 0.15) is 35.0 Å². The molecule has 1 atom stereocenters. The number of ketones is 1. The average molecular weight is 456 g/mol. The van der Waals surface area contributed by atoms with Crippen molar-refractivity contribution in [2.24, 2.45) is 0 Å². The molecule has 0 spiro atoms. The Balaban J connectivity index is 1.60. The summed E-state index contributed by atoms with van der Waals surface area (Å²) >= 11 is 0. The predicted molar refractivity (Wildman–Crippen MR) is 127 cm³/mol. The van der Waals surface area contributed by atoms with E-state index < -0.39 is 17.7 Å². The van der Waals surface area contributed by atoms with Crippen molar-refractivity contribution in [1.29, 1.82) is 0 Å². The molecule has 1 saturated heterocycles. The molecule has 4 aromatic rings. The van der Waals surface area contributed by atoms with E-state index in [-0.39, 0.29) is 11.3 Å². The van der Waals surface area contributed by atoms with Gasteiger partial charge in [-0.15, -0.1) is 0 Å². The van der Waals surface area contributed by atoms with E-state index in [9.17, 15) is 14.7 Å². The van der Waals surface area contributed by atoms with Crippen LogP contribution < -0.4 is 0 Å². The number of hydrogen-bond donors (Lipinski definition) is 1. The Kier molecular flexibility index (Phi) is 5.49. The van der Waals surface area contributed by atoms with Crippen molar-refractivity contribution in [3.05, 3.63) is 95.5 Å². The van der Waals surface area contributed by atoms with Gasteiger partial charge in [0.15, 0.2) is 5.76 Å². The molecule has 8 heteroatoms. The number of amides is 1. The van der Waals surface area contributed by atoms with Crippen molar-refractivity contribution in [2.45, 2.75) is 32.9 Å². The van der Waals surface area contributed by atoms with Crippen LogP contribution in [0.5, 0.6) is 0 Å². The summed E-state index contributed by atoms with van der Waals surface area (Å²) in [7, 11) is 0. The quantitative estimate of drug-likeness (QED) is 0.272. The van der Waals surface area contributed by atoms with Crippen LogP contribution in [0.25, 0.3) is 11.4 Å². The van der Waals surface area contributed by atoms with E-state index in [2.05, 4.69) is 9.97 Å². The first-order valence-corrected chi connectivity index (χ1v) is 11.2. The third-order valence-corrected chi connectivity index (χ3v) is 6.24. The van der Waals surface area contributed by atoms with Gasteiger partial charge >= 0.3 is 0 Å². The number of aliphatic hydroxyl groups is 1. The lowest BCUT2D eigenvalue weighted by Gasteiger charge is -2.25. The molecule has 0 radical (unpaired) electrons. The number of Topliss-reactive ketones (excluding diaryl/α,β-unsaturated/α-hetero) is 1. The molecule has 1 unspecified atom stereocenters. The summed E-state index contributed by atoms with van der Waals surface area (Å²) < 4.78 is 3.67. The molecule has 0 aliphatic carbocycles. The molecule has 0 saturated carbocycles. The number of imidazole rings is 2. The average Bonchev–Trinajstić information content (AvgIpc) is 3.52. The van der Waals surface area contributed by atoms with Gasteiger partial charge in [0.05, 0.1) is 23.6 Å². The van der Waals surface area contributed by atoms with E-state index in [0.29, 0.717) is 36.5 Å². The van der Waals surface area contributed by atoms with Crippen molar-refractivity contribution < 1.29 is 14.7 Å². The number of rotatable bonds is 6. The Labute approximate surface area is 196 Å². The van der Waals surface area contributed by atoms with Gasteiger partial charge in [-0.25, -0.2) is 9.97 Å². The van der Waals surface area contributed by atoms with Crippen molar-refractivity contribution in [3.8, 4) is 0 Å². The molecular weight excluding hydrogens is 430 g/mol. The normalized spacial score (nSPS) is 17.7. The Morgan fingerprint density at radius 1 is 1.03 bits per heavy atom. The Bertz CT molecular complexity index is 1400. The Morgan fingerprint density at radius 2 is 1.82 bits per heavy atom. The van der Waals surface area contributed by atoms with Gasteiger partial charge in [-0.1, -0.05) is 35.9 Å². The second-order valence-electron chi connectivity index (χ2n) is 8.53. The molecule has 1 aliphatic heterocycles. The highest BCUT2D eigenvalue weighted by Gasteiger charge is 2.46. The maximum absolute atomic E-state index is 13.3. The molecular formula is C26H25N5O3. The molecule has 1 amide bonds. The highest BCUT2D eigenvalue weighted by atomic mass is 16.3. The highest BCUT2D eigenvalue weighted by Crippen LogP contribution is 2.40. The largest absolute Gasteiger partial charge is 0.505 e. The molecule has 34 heavy (non-hydrogen) atoms. The molecule has 8 nitrogen and oxygen atoms in total. The maximum Gasteiger partial charge on any atom is 0.295 e. The van der Waals surface area contributed by atoms with E-state index in [1.54, 1.807) is 34.9 Å². The number of benzene rings is 1. The number of hydrogen-bond acceptors (Lipinski definition) is 5. The summed E-state index contributed by atoms with van der Waals surface area (Å²) in [6.07, 6.45) is 7.71. The molecule has 1 N–H and O–H groups in total. The fourth-order valence-corrected chi connectivity index (χ4v) is 4.57. The summed E-state index contributed by atoms with van der Waals surface area (Å²) in [5, 5.41) is 11.5. The van der Waals surface area contributed by atoms with Gasteiger partial charge < -0.3 is 14.6 Å². The van der Waals surface area contributed by atoms with Crippen LogP contribution in [0.2, 0.25) is 0 Å². The number of aliphatic hydroxyl groups excluding tert-OH is 1. The van der Waals surface area contributed by atoms with Crippen LogP contribution in [0, 0.1) is 13.8 Å². The van der Waals surface area contributed by atoms with Gasteiger partial charge in [-0.2, -0.15) is 0 Å². The fourth-order valence-electron chi connectivity index (χ4n) is 4.57.